The van der Waals surface area contributed by atoms with Crippen LogP contribution in [0.15, 0.2) is 24.3 Å². The molecule has 0 radical (unpaired) electrons. The summed E-state index contributed by atoms with van der Waals surface area (Å²) in [5.74, 6) is -0.665. The molecule has 1 saturated heterocycles. The van der Waals surface area contributed by atoms with E-state index in [2.05, 4.69) is 0 Å². The second kappa shape index (κ2) is 6.58. The van der Waals surface area contributed by atoms with Gasteiger partial charge in [0.25, 0.3) is 0 Å². The SMILES string of the molecule is CCCOc1cccc(C2C(C(=O)O)OCC(=O)N2C)c1. The van der Waals surface area contributed by atoms with Crippen LogP contribution in [0.4, 0.5) is 0 Å². The Bertz CT molecular complexity index is 531. The molecule has 21 heavy (non-hydrogen) atoms. The third-order valence-electron chi connectivity index (χ3n) is 3.40. The maximum absolute atomic E-state index is 11.8. The Hall–Kier alpha value is -2.08. The molecule has 114 valence electrons. The normalized spacial score (nSPS) is 22.2. The fourth-order valence-corrected chi connectivity index (χ4v) is 2.33. The molecule has 1 amide bonds. The standard InChI is InChI=1S/C15H19NO5/c1-3-7-20-11-6-4-5-10(8-11)13-14(15(18)19)21-9-12(17)16(13)2/h4-6,8,13-14H,3,7,9H2,1-2H3,(H,18,19). The number of carbonyl (C=O) groups is 2. The summed E-state index contributed by atoms with van der Waals surface area (Å²) in [7, 11) is 1.59. The van der Waals surface area contributed by atoms with Crippen molar-refractivity contribution in [1.29, 1.82) is 0 Å². The minimum absolute atomic E-state index is 0.212. The molecule has 1 aliphatic rings. The van der Waals surface area contributed by atoms with Crippen molar-refractivity contribution in [3.8, 4) is 5.75 Å². The van der Waals surface area contributed by atoms with E-state index in [1.54, 1.807) is 31.3 Å². The van der Waals surface area contributed by atoms with Crippen molar-refractivity contribution >= 4 is 11.9 Å². The first kappa shape index (κ1) is 15.3. The van der Waals surface area contributed by atoms with Crippen LogP contribution in [0.2, 0.25) is 0 Å². The van der Waals surface area contributed by atoms with Crippen molar-refractivity contribution in [3.63, 3.8) is 0 Å². The Morgan fingerprint density at radius 2 is 2.29 bits per heavy atom. The largest absolute Gasteiger partial charge is 0.494 e. The number of ether oxygens (including phenoxy) is 2. The van der Waals surface area contributed by atoms with Crippen molar-refractivity contribution in [1.82, 2.24) is 4.90 Å². The lowest BCUT2D eigenvalue weighted by Crippen LogP contribution is -2.50. The highest BCUT2D eigenvalue weighted by molar-refractivity contribution is 5.82. The van der Waals surface area contributed by atoms with Gasteiger partial charge in [-0.3, -0.25) is 4.79 Å². The van der Waals surface area contributed by atoms with Crippen molar-refractivity contribution in [2.75, 3.05) is 20.3 Å². The number of hydrogen-bond donors (Lipinski definition) is 1. The molecular weight excluding hydrogens is 274 g/mol. The highest BCUT2D eigenvalue weighted by Gasteiger charge is 2.40. The second-order valence-electron chi connectivity index (χ2n) is 4.94. The zero-order valence-electron chi connectivity index (χ0n) is 12.1. The van der Waals surface area contributed by atoms with E-state index in [-0.39, 0.29) is 12.5 Å². The van der Waals surface area contributed by atoms with Crippen LogP contribution in [-0.2, 0) is 14.3 Å². The molecule has 6 nitrogen and oxygen atoms in total. The highest BCUT2D eigenvalue weighted by atomic mass is 16.5. The zero-order chi connectivity index (χ0) is 15.4. The lowest BCUT2D eigenvalue weighted by molar-refractivity contribution is -0.171. The van der Waals surface area contributed by atoms with Gasteiger partial charge in [-0.25, -0.2) is 4.79 Å². The molecule has 2 atom stereocenters. The molecule has 1 N–H and O–H groups in total. The van der Waals surface area contributed by atoms with E-state index < -0.39 is 18.1 Å². The summed E-state index contributed by atoms with van der Waals surface area (Å²) in [6, 6.07) is 6.47. The molecule has 1 heterocycles. The minimum atomic E-state index is -1.08. The third-order valence-corrected chi connectivity index (χ3v) is 3.40. The van der Waals surface area contributed by atoms with Crippen LogP contribution < -0.4 is 4.74 Å². The summed E-state index contributed by atoms with van der Waals surface area (Å²) in [5.41, 5.74) is 0.687. The number of amides is 1. The van der Waals surface area contributed by atoms with Crippen molar-refractivity contribution in [2.45, 2.75) is 25.5 Å². The average Bonchev–Trinajstić information content (AvgIpc) is 2.47. The van der Waals surface area contributed by atoms with Crippen LogP contribution >= 0.6 is 0 Å². The van der Waals surface area contributed by atoms with Crippen LogP contribution in [0.5, 0.6) is 5.75 Å². The average molecular weight is 293 g/mol. The molecule has 2 rings (SSSR count). The van der Waals surface area contributed by atoms with E-state index in [0.29, 0.717) is 17.9 Å². The molecule has 2 unspecified atom stereocenters. The van der Waals surface area contributed by atoms with Gasteiger partial charge in [0.2, 0.25) is 5.91 Å². The van der Waals surface area contributed by atoms with Crippen LogP contribution in [0.1, 0.15) is 24.9 Å². The molecule has 1 aromatic rings. The van der Waals surface area contributed by atoms with Gasteiger partial charge in [-0.2, -0.15) is 0 Å². The van der Waals surface area contributed by atoms with E-state index in [4.69, 9.17) is 9.47 Å². The van der Waals surface area contributed by atoms with Gasteiger partial charge < -0.3 is 19.5 Å². The predicted octanol–water partition coefficient (Wildman–Crippen LogP) is 1.46. The minimum Gasteiger partial charge on any atom is -0.494 e. The fraction of sp³-hybridized carbons (Fsp3) is 0.467. The van der Waals surface area contributed by atoms with E-state index in [1.807, 2.05) is 6.92 Å². The van der Waals surface area contributed by atoms with Gasteiger partial charge in [0, 0.05) is 7.05 Å². The maximum Gasteiger partial charge on any atom is 0.335 e. The smallest absolute Gasteiger partial charge is 0.335 e. The monoisotopic (exact) mass is 293 g/mol. The lowest BCUT2D eigenvalue weighted by atomic mass is 9.98. The molecule has 0 saturated carbocycles. The summed E-state index contributed by atoms with van der Waals surface area (Å²) in [6.07, 6.45) is -0.193. The molecule has 0 aromatic heterocycles. The second-order valence-corrected chi connectivity index (χ2v) is 4.94. The van der Waals surface area contributed by atoms with Crippen LogP contribution in [0.25, 0.3) is 0 Å². The number of morpholine rings is 1. The Kier molecular flexibility index (Phi) is 4.80. The van der Waals surface area contributed by atoms with E-state index >= 15 is 0 Å². The Balaban J connectivity index is 2.30. The van der Waals surface area contributed by atoms with Crippen molar-refractivity contribution < 1.29 is 24.2 Å². The number of aliphatic carboxylic acids is 1. The summed E-state index contributed by atoms with van der Waals surface area (Å²) in [5, 5.41) is 9.29. The molecule has 0 aliphatic carbocycles. The molecule has 0 bridgehead atoms. The van der Waals surface area contributed by atoms with Crippen LogP contribution in [0.3, 0.4) is 0 Å². The number of hydrogen-bond acceptors (Lipinski definition) is 4. The Morgan fingerprint density at radius 3 is 2.95 bits per heavy atom. The molecule has 1 aliphatic heterocycles. The predicted molar refractivity (Wildman–Crippen MR) is 75.1 cm³/mol. The van der Waals surface area contributed by atoms with E-state index in [0.717, 1.165) is 6.42 Å². The summed E-state index contributed by atoms with van der Waals surface area (Å²) >= 11 is 0. The maximum atomic E-state index is 11.8. The number of nitrogens with zero attached hydrogens (tertiary/aromatic N) is 1. The van der Waals surface area contributed by atoms with Crippen molar-refractivity contribution in [3.05, 3.63) is 29.8 Å². The van der Waals surface area contributed by atoms with Gasteiger partial charge in [0.1, 0.15) is 12.4 Å². The Morgan fingerprint density at radius 1 is 1.52 bits per heavy atom. The summed E-state index contributed by atoms with van der Waals surface area (Å²) in [6.45, 7) is 2.38. The zero-order valence-corrected chi connectivity index (χ0v) is 12.1. The van der Waals surface area contributed by atoms with E-state index in [9.17, 15) is 14.7 Å². The van der Waals surface area contributed by atoms with Crippen LogP contribution in [-0.4, -0.2) is 48.2 Å². The summed E-state index contributed by atoms with van der Waals surface area (Å²) < 4.78 is 10.7. The van der Waals surface area contributed by atoms with Gasteiger partial charge in [0.15, 0.2) is 6.10 Å². The van der Waals surface area contributed by atoms with Gasteiger partial charge in [-0.05, 0) is 24.1 Å². The first-order valence-electron chi connectivity index (χ1n) is 6.87. The topological polar surface area (TPSA) is 76.1 Å². The third kappa shape index (κ3) is 3.33. The molecule has 0 spiro atoms. The van der Waals surface area contributed by atoms with Crippen molar-refractivity contribution in [2.24, 2.45) is 0 Å². The Labute approximate surface area is 123 Å². The first-order valence-corrected chi connectivity index (χ1v) is 6.87. The van der Waals surface area contributed by atoms with Gasteiger partial charge in [0.05, 0.1) is 12.6 Å². The molecular formula is C15H19NO5. The highest BCUT2D eigenvalue weighted by Crippen LogP contribution is 2.31. The van der Waals surface area contributed by atoms with Gasteiger partial charge in [-0.15, -0.1) is 0 Å². The molecule has 1 aromatic carbocycles. The first-order chi connectivity index (χ1) is 10.0. The number of carboxylic acid groups (broad SMARTS) is 1. The lowest BCUT2D eigenvalue weighted by Gasteiger charge is -2.37. The van der Waals surface area contributed by atoms with E-state index in [1.165, 1.54) is 4.90 Å². The molecule has 1 fully saturated rings. The number of likely N-dealkylation sites (N-methyl/N-ethyl adjacent to an activating group) is 1. The quantitative estimate of drug-likeness (QED) is 0.889. The van der Waals surface area contributed by atoms with Gasteiger partial charge in [-0.1, -0.05) is 19.1 Å². The number of carboxylic acids is 1. The van der Waals surface area contributed by atoms with Gasteiger partial charge >= 0.3 is 5.97 Å². The summed E-state index contributed by atoms with van der Waals surface area (Å²) in [4.78, 5) is 24.6. The number of rotatable bonds is 5. The molecule has 6 heteroatoms. The number of benzene rings is 1. The fourth-order valence-electron chi connectivity index (χ4n) is 2.33. The van der Waals surface area contributed by atoms with Crippen LogP contribution in [0, 0.1) is 0 Å². The number of carbonyl (C=O) groups excluding carboxylic acids is 1.